The molecule has 11 heavy (non-hydrogen) atoms. The predicted octanol–water partition coefficient (Wildman–Crippen LogP) is 2.63. The fraction of sp³-hybridized carbons (Fsp3) is 0.800. The lowest BCUT2D eigenvalue weighted by molar-refractivity contribution is 0.112. The Morgan fingerprint density at radius 3 is 2.36 bits per heavy atom. The minimum absolute atomic E-state index is 0.484. The van der Waals surface area contributed by atoms with Gasteiger partial charge in [0.2, 0.25) is 0 Å². The molecule has 1 fully saturated rings. The van der Waals surface area contributed by atoms with E-state index in [4.69, 9.17) is 4.74 Å². The molecule has 1 heterocycles. The lowest BCUT2D eigenvalue weighted by atomic mass is 10.0. The molecule has 0 aromatic rings. The molecule has 0 aromatic heterocycles. The molecule has 1 nitrogen and oxygen atoms in total. The first kappa shape index (κ1) is 8.79. The van der Waals surface area contributed by atoms with Gasteiger partial charge in [0.1, 0.15) is 0 Å². The van der Waals surface area contributed by atoms with Crippen molar-refractivity contribution in [1.29, 1.82) is 0 Å². The quantitative estimate of drug-likeness (QED) is 0.487. The summed E-state index contributed by atoms with van der Waals surface area (Å²) in [4.78, 5) is 0. The summed E-state index contributed by atoms with van der Waals surface area (Å²) in [6.07, 6.45) is 5.82. The van der Waals surface area contributed by atoms with Gasteiger partial charge in [0.05, 0.1) is 13.2 Å². The standard InChI is InChI=1S/C8H12O.C2H6/c1-7-5-8(7)3-2-4-9-6-8;1-2/h2-3,7H,4-6H2,1H3;1-2H3. The first-order valence-corrected chi connectivity index (χ1v) is 4.59. The second kappa shape index (κ2) is 3.40. The zero-order chi connectivity index (χ0) is 8.32. The highest BCUT2D eigenvalue weighted by atomic mass is 16.5. The largest absolute Gasteiger partial charge is 0.376 e. The van der Waals surface area contributed by atoms with E-state index in [0.717, 1.165) is 19.1 Å². The van der Waals surface area contributed by atoms with Crippen LogP contribution < -0.4 is 0 Å². The highest BCUT2D eigenvalue weighted by Crippen LogP contribution is 2.54. The lowest BCUT2D eigenvalue weighted by Crippen LogP contribution is -2.14. The number of hydrogen-bond donors (Lipinski definition) is 0. The van der Waals surface area contributed by atoms with E-state index in [9.17, 15) is 0 Å². The van der Waals surface area contributed by atoms with Gasteiger partial charge in [-0.2, -0.15) is 0 Å². The van der Waals surface area contributed by atoms with Crippen LogP contribution in [0.3, 0.4) is 0 Å². The molecule has 1 spiro atoms. The third kappa shape index (κ3) is 1.64. The molecule has 0 saturated heterocycles. The molecule has 2 rings (SSSR count). The fourth-order valence-electron chi connectivity index (χ4n) is 1.59. The Morgan fingerprint density at radius 2 is 2.09 bits per heavy atom. The van der Waals surface area contributed by atoms with Gasteiger partial charge < -0.3 is 4.74 Å². The maximum absolute atomic E-state index is 5.33. The molecule has 0 aromatic carbocycles. The molecular weight excluding hydrogens is 136 g/mol. The molecular formula is C10H18O. The van der Waals surface area contributed by atoms with Crippen LogP contribution in [0, 0.1) is 11.3 Å². The Morgan fingerprint density at radius 1 is 1.45 bits per heavy atom. The average Bonchev–Trinajstić information content (AvgIpc) is 2.67. The van der Waals surface area contributed by atoms with Crippen LogP contribution in [0.5, 0.6) is 0 Å². The SMILES string of the molecule is CC.CC1CC12C=CCOC2. The molecule has 0 amide bonds. The van der Waals surface area contributed by atoms with Gasteiger partial charge in [0, 0.05) is 5.41 Å². The van der Waals surface area contributed by atoms with E-state index in [1.165, 1.54) is 6.42 Å². The molecule has 0 bridgehead atoms. The summed E-state index contributed by atoms with van der Waals surface area (Å²) >= 11 is 0. The normalized spacial score (nSPS) is 39.7. The fourth-order valence-corrected chi connectivity index (χ4v) is 1.59. The maximum Gasteiger partial charge on any atom is 0.0648 e. The van der Waals surface area contributed by atoms with Crippen molar-refractivity contribution in [1.82, 2.24) is 0 Å². The van der Waals surface area contributed by atoms with Crippen molar-refractivity contribution in [2.45, 2.75) is 27.2 Å². The number of rotatable bonds is 0. The summed E-state index contributed by atoms with van der Waals surface area (Å²) in [7, 11) is 0. The topological polar surface area (TPSA) is 9.23 Å². The molecule has 2 unspecified atom stereocenters. The van der Waals surface area contributed by atoms with Gasteiger partial charge in [-0.05, 0) is 12.3 Å². The van der Waals surface area contributed by atoms with Crippen LogP contribution in [0.1, 0.15) is 27.2 Å². The second-order valence-electron chi connectivity index (χ2n) is 3.26. The van der Waals surface area contributed by atoms with E-state index in [1.54, 1.807) is 0 Å². The van der Waals surface area contributed by atoms with Gasteiger partial charge in [0.15, 0.2) is 0 Å². The van der Waals surface area contributed by atoms with E-state index in [-0.39, 0.29) is 0 Å². The summed E-state index contributed by atoms with van der Waals surface area (Å²) in [6.45, 7) is 8.08. The van der Waals surface area contributed by atoms with Crippen LogP contribution in [0.2, 0.25) is 0 Å². The van der Waals surface area contributed by atoms with Crippen molar-refractivity contribution in [3.05, 3.63) is 12.2 Å². The van der Waals surface area contributed by atoms with Crippen LogP contribution in [0.4, 0.5) is 0 Å². The third-order valence-corrected chi connectivity index (χ3v) is 2.54. The van der Waals surface area contributed by atoms with Crippen molar-refractivity contribution < 1.29 is 4.74 Å². The molecule has 1 saturated carbocycles. The number of hydrogen-bond acceptors (Lipinski definition) is 1. The van der Waals surface area contributed by atoms with Crippen LogP contribution >= 0.6 is 0 Å². The van der Waals surface area contributed by atoms with Gasteiger partial charge in [-0.1, -0.05) is 32.9 Å². The van der Waals surface area contributed by atoms with E-state index in [1.807, 2.05) is 13.8 Å². The van der Waals surface area contributed by atoms with E-state index in [0.29, 0.717) is 5.41 Å². The molecule has 1 heteroatoms. The summed E-state index contributed by atoms with van der Waals surface area (Å²) in [6, 6.07) is 0. The first-order chi connectivity index (χ1) is 5.33. The van der Waals surface area contributed by atoms with Gasteiger partial charge in [-0.3, -0.25) is 0 Å². The Kier molecular flexibility index (Phi) is 2.72. The molecule has 2 aliphatic rings. The summed E-state index contributed by atoms with van der Waals surface area (Å²) in [5, 5.41) is 0. The van der Waals surface area contributed by atoms with Crippen molar-refractivity contribution in [2.75, 3.05) is 13.2 Å². The van der Waals surface area contributed by atoms with Crippen LogP contribution in [-0.4, -0.2) is 13.2 Å². The van der Waals surface area contributed by atoms with Crippen molar-refractivity contribution >= 4 is 0 Å². The van der Waals surface area contributed by atoms with Crippen LogP contribution in [0.15, 0.2) is 12.2 Å². The van der Waals surface area contributed by atoms with E-state index < -0.39 is 0 Å². The highest BCUT2D eigenvalue weighted by molar-refractivity contribution is 5.15. The Bertz CT molecular complexity index is 151. The van der Waals surface area contributed by atoms with Gasteiger partial charge in [0.25, 0.3) is 0 Å². The summed E-state index contributed by atoms with van der Waals surface area (Å²) < 4.78 is 5.33. The second-order valence-corrected chi connectivity index (χ2v) is 3.26. The molecule has 1 aliphatic carbocycles. The molecule has 1 aliphatic heterocycles. The van der Waals surface area contributed by atoms with Crippen LogP contribution in [0.25, 0.3) is 0 Å². The smallest absolute Gasteiger partial charge is 0.0648 e. The first-order valence-electron chi connectivity index (χ1n) is 4.59. The minimum Gasteiger partial charge on any atom is -0.376 e. The third-order valence-electron chi connectivity index (χ3n) is 2.54. The van der Waals surface area contributed by atoms with E-state index in [2.05, 4.69) is 19.1 Å². The van der Waals surface area contributed by atoms with Crippen molar-refractivity contribution in [3.63, 3.8) is 0 Å². The highest BCUT2D eigenvalue weighted by Gasteiger charge is 2.49. The van der Waals surface area contributed by atoms with Crippen molar-refractivity contribution in [2.24, 2.45) is 11.3 Å². The van der Waals surface area contributed by atoms with Crippen LogP contribution in [-0.2, 0) is 4.74 Å². The Balaban J connectivity index is 0.000000281. The van der Waals surface area contributed by atoms with Gasteiger partial charge >= 0.3 is 0 Å². The molecule has 2 atom stereocenters. The molecule has 64 valence electrons. The summed E-state index contributed by atoms with van der Waals surface area (Å²) in [5.74, 6) is 0.869. The molecule has 0 N–H and O–H groups in total. The van der Waals surface area contributed by atoms with Crippen molar-refractivity contribution in [3.8, 4) is 0 Å². The minimum atomic E-state index is 0.484. The van der Waals surface area contributed by atoms with Gasteiger partial charge in [-0.15, -0.1) is 0 Å². The summed E-state index contributed by atoms with van der Waals surface area (Å²) in [5.41, 5.74) is 0.484. The zero-order valence-corrected chi connectivity index (χ0v) is 7.76. The monoisotopic (exact) mass is 154 g/mol. The van der Waals surface area contributed by atoms with E-state index >= 15 is 0 Å². The lowest BCUT2D eigenvalue weighted by Gasteiger charge is -2.15. The zero-order valence-electron chi connectivity index (χ0n) is 7.76. The maximum atomic E-state index is 5.33. The Hall–Kier alpha value is -0.300. The molecule has 0 radical (unpaired) electrons. The average molecular weight is 154 g/mol. The number of ether oxygens (including phenoxy) is 1. The Labute approximate surface area is 69.4 Å². The van der Waals surface area contributed by atoms with Gasteiger partial charge in [-0.25, -0.2) is 0 Å². The predicted molar refractivity (Wildman–Crippen MR) is 47.5 cm³/mol.